The van der Waals surface area contributed by atoms with Crippen LogP contribution in [0.1, 0.15) is 30.1 Å². The van der Waals surface area contributed by atoms with Crippen molar-refractivity contribution >= 4 is 29.1 Å². The number of nitrogens with one attached hydrogen (secondary N) is 1. The van der Waals surface area contributed by atoms with E-state index < -0.39 is 0 Å². The maximum absolute atomic E-state index is 11.9. The minimum Gasteiger partial charge on any atom is -0.396 e. The SMILES string of the molecule is CCC(CCO)CNC(=O)c1cc(Cl)ncc1Cl. The van der Waals surface area contributed by atoms with E-state index in [-0.39, 0.29) is 28.6 Å². The molecule has 18 heavy (non-hydrogen) atoms. The third kappa shape index (κ3) is 4.44. The van der Waals surface area contributed by atoms with Gasteiger partial charge in [0.25, 0.3) is 5.91 Å². The number of nitrogens with zero attached hydrogens (tertiary/aromatic N) is 1. The van der Waals surface area contributed by atoms with Gasteiger partial charge in [0.2, 0.25) is 0 Å². The summed E-state index contributed by atoms with van der Waals surface area (Å²) in [6.45, 7) is 2.64. The van der Waals surface area contributed by atoms with E-state index in [0.717, 1.165) is 6.42 Å². The molecule has 4 nitrogen and oxygen atoms in total. The lowest BCUT2D eigenvalue weighted by Crippen LogP contribution is -2.29. The molecule has 1 aromatic rings. The van der Waals surface area contributed by atoms with Crippen LogP contribution in [0.3, 0.4) is 0 Å². The van der Waals surface area contributed by atoms with Gasteiger partial charge in [0, 0.05) is 19.3 Å². The van der Waals surface area contributed by atoms with Crippen LogP contribution in [0.5, 0.6) is 0 Å². The molecule has 1 atom stereocenters. The third-order valence-electron chi connectivity index (χ3n) is 2.73. The number of aliphatic hydroxyl groups is 1. The molecular formula is C12H16Cl2N2O2. The predicted octanol–water partition coefficient (Wildman–Crippen LogP) is 2.53. The smallest absolute Gasteiger partial charge is 0.252 e. The topological polar surface area (TPSA) is 62.2 Å². The quantitative estimate of drug-likeness (QED) is 0.792. The van der Waals surface area contributed by atoms with E-state index in [1.807, 2.05) is 6.92 Å². The van der Waals surface area contributed by atoms with Gasteiger partial charge in [-0.2, -0.15) is 0 Å². The van der Waals surface area contributed by atoms with Crippen molar-refractivity contribution in [3.8, 4) is 0 Å². The molecule has 0 fully saturated rings. The number of carbonyl (C=O) groups excluding carboxylic acids is 1. The van der Waals surface area contributed by atoms with Crippen molar-refractivity contribution in [2.24, 2.45) is 5.92 Å². The first-order chi connectivity index (χ1) is 8.58. The Morgan fingerprint density at radius 1 is 1.56 bits per heavy atom. The van der Waals surface area contributed by atoms with E-state index in [4.69, 9.17) is 28.3 Å². The average molecular weight is 291 g/mol. The first-order valence-corrected chi connectivity index (χ1v) is 6.54. The van der Waals surface area contributed by atoms with Crippen LogP contribution in [0.15, 0.2) is 12.3 Å². The first kappa shape index (κ1) is 15.2. The molecule has 0 radical (unpaired) electrons. The average Bonchev–Trinajstić information content (AvgIpc) is 2.37. The summed E-state index contributed by atoms with van der Waals surface area (Å²) < 4.78 is 0. The van der Waals surface area contributed by atoms with Crippen LogP contribution in [0.4, 0.5) is 0 Å². The molecule has 0 spiro atoms. The monoisotopic (exact) mass is 290 g/mol. The molecule has 1 heterocycles. The summed E-state index contributed by atoms with van der Waals surface area (Å²) in [4.78, 5) is 15.7. The molecule has 0 aliphatic heterocycles. The second-order valence-corrected chi connectivity index (χ2v) is 4.78. The Morgan fingerprint density at radius 2 is 2.28 bits per heavy atom. The largest absolute Gasteiger partial charge is 0.396 e. The number of rotatable bonds is 6. The van der Waals surface area contributed by atoms with Gasteiger partial charge in [0.1, 0.15) is 5.15 Å². The van der Waals surface area contributed by atoms with Gasteiger partial charge in [-0.3, -0.25) is 4.79 Å². The third-order valence-corrected chi connectivity index (χ3v) is 3.24. The number of pyridine rings is 1. The molecule has 0 saturated carbocycles. The van der Waals surface area contributed by atoms with Crippen molar-refractivity contribution in [3.63, 3.8) is 0 Å². The van der Waals surface area contributed by atoms with Crippen LogP contribution in [0.25, 0.3) is 0 Å². The molecular weight excluding hydrogens is 275 g/mol. The Labute approximate surface area is 116 Å². The molecule has 1 rings (SSSR count). The number of amides is 1. The van der Waals surface area contributed by atoms with Crippen LogP contribution in [-0.2, 0) is 0 Å². The van der Waals surface area contributed by atoms with Gasteiger partial charge in [-0.25, -0.2) is 4.98 Å². The summed E-state index contributed by atoms with van der Waals surface area (Å²) in [5.41, 5.74) is 0.315. The summed E-state index contributed by atoms with van der Waals surface area (Å²) >= 11 is 11.6. The number of carbonyl (C=O) groups is 1. The predicted molar refractivity (Wildman–Crippen MR) is 72.1 cm³/mol. The molecule has 6 heteroatoms. The lowest BCUT2D eigenvalue weighted by Gasteiger charge is -2.14. The Hall–Kier alpha value is -0.840. The molecule has 0 aliphatic carbocycles. The van der Waals surface area contributed by atoms with E-state index in [2.05, 4.69) is 10.3 Å². The minimum absolute atomic E-state index is 0.121. The minimum atomic E-state index is -0.277. The number of aromatic nitrogens is 1. The van der Waals surface area contributed by atoms with Gasteiger partial charge in [-0.05, 0) is 18.4 Å². The maximum Gasteiger partial charge on any atom is 0.252 e. The lowest BCUT2D eigenvalue weighted by molar-refractivity contribution is 0.0943. The van der Waals surface area contributed by atoms with Crippen LogP contribution in [0.2, 0.25) is 10.2 Å². The molecule has 100 valence electrons. The van der Waals surface area contributed by atoms with Crippen molar-refractivity contribution < 1.29 is 9.90 Å². The molecule has 0 aromatic carbocycles. The second-order valence-electron chi connectivity index (χ2n) is 3.98. The number of halogens is 2. The fourth-order valence-electron chi connectivity index (χ4n) is 1.55. The number of hydrogen-bond acceptors (Lipinski definition) is 3. The summed E-state index contributed by atoms with van der Waals surface area (Å²) in [6.07, 6.45) is 2.91. The van der Waals surface area contributed by atoms with Crippen LogP contribution in [0, 0.1) is 5.92 Å². The van der Waals surface area contributed by atoms with Crippen molar-refractivity contribution in [2.75, 3.05) is 13.2 Å². The zero-order chi connectivity index (χ0) is 13.5. The standard InChI is InChI=1S/C12H16Cl2N2O2/c1-2-8(3-4-17)6-16-12(18)9-5-11(14)15-7-10(9)13/h5,7-8,17H,2-4,6H2,1H3,(H,16,18). The highest BCUT2D eigenvalue weighted by molar-refractivity contribution is 6.35. The van der Waals surface area contributed by atoms with Crippen molar-refractivity contribution in [1.29, 1.82) is 0 Å². The van der Waals surface area contributed by atoms with Crippen LogP contribution in [-0.4, -0.2) is 29.1 Å². The molecule has 1 amide bonds. The Morgan fingerprint density at radius 3 is 2.89 bits per heavy atom. The highest BCUT2D eigenvalue weighted by atomic mass is 35.5. The highest BCUT2D eigenvalue weighted by Crippen LogP contribution is 2.18. The van der Waals surface area contributed by atoms with Gasteiger partial charge >= 0.3 is 0 Å². The van der Waals surface area contributed by atoms with Crippen LogP contribution < -0.4 is 5.32 Å². The van der Waals surface area contributed by atoms with Crippen LogP contribution >= 0.6 is 23.2 Å². The molecule has 2 N–H and O–H groups in total. The zero-order valence-electron chi connectivity index (χ0n) is 10.1. The van der Waals surface area contributed by atoms with E-state index in [1.165, 1.54) is 12.3 Å². The maximum atomic E-state index is 11.9. The molecule has 0 saturated heterocycles. The number of aliphatic hydroxyl groups excluding tert-OH is 1. The summed E-state index contributed by atoms with van der Waals surface area (Å²) in [7, 11) is 0. The highest BCUT2D eigenvalue weighted by Gasteiger charge is 2.13. The van der Waals surface area contributed by atoms with Gasteiger partial charge in [-0.1, -0.05) is 36.5 Å². The van der Waals surface area contributed by atoms with Crippen molar-refractivity contribution in [2.45, 2.75) is 19.8 Å². The molecule has 1 aromatic heterocycles. The Balaban J connectivity index is 2.62. The fourth-order valence-corrected chi connectivity index (χ4v) is 1.90. The Kier molecular flexibility index (Phi) is 6.39. The fraction of sp³-hybridized carbons (Fsp3) is 0.500. The normalized spacial score (nSPS) is 12.2. The Bertz CT molecular complexity index is 413. The first-order valence-electron chi connectivity index (χ1n) is 5.78. The second kappa shape index (κ2) is 7.56. The molecule has 0 aliphatic rings. The van der Waals surface area contributed by atoms with E-state index in [1.54, 1.807) is 0 Å². The summed E-state index contributed by atoms with van der Waals surface area (Å²) in [5.74, 6) is -0.0178. The van der Waals surface area contributed by atoms with E-state index in [0.29, 0.717) is 18.5 Å². The van der Waals surface area contributed by atoms with Crippen molar-refractivity contribution in [1.82, 2.24) is 10.3 Å². The van der Waals surface area contributed by atoms with Gasteiger partial charge in [-0.15, -0.1) is 0 Å². The lowest BCUT2D eigenvalue weighted by atomic mass is 10.0. The van der Waals surface area contributed by atoms with E-state index >= 15 is 0 Å². The van der Waals surface area contributed by atoms with E-state index in [9.17, 15) is 4.79 Å². The van der Waals surface area contributed by atoms with Gasteiger partial charge < -0.3 is 10.4 Å². The van der Waals surface area contributed by atoms with Gasteiger partial charge in [0.05, 0.1) is 10.6 Å². The van der Waals surface area contributed by atoms with Gasteiger partial charge in [0.15, 0.2) is 0 Å². The summed E-state index contributed by atoms with van der Waals surface area (Å²) in [6, 6.07) is 1.44. The summed E-state index contributed by atoms with van der Waals surface area (Å²) in [5, 5.41) is 12.2. The van der Waals surface area contributed by atoms with Crippen molar-refractivity contribution in [3.05, 3.63) is 28.0 Å². The molecule has 1 unspecified atom stereocenters. The zero-order valence-corrected chi connectivity index (χ0v) is 11.6. The number of hydrogen-bond donors (Lipinski definition) is 2. The molecule has 0 bridgehead atoms.